The van der Waals surface area contributed by atoms with Crippen LogP contribution < -0.4 is 4.90 Å². The zero-order chi connectivity index (χ0) is 53.0. The molecule has 0 spiro atoms. The maximum atomic E-state index is 2.34. The van der Waals surface area contributed by atoms with Crippen molar-refractivity contribution >= 4 is 17.1 Å². The van der Waals surface area contributed by atoms with E-state index in [1.165, 1.54) is 83.5 Å². The Balaban J connectivity index is 0.721. The van der Waals surface area contributed by atoms with Crippen LogP contribution in [0, 0.1) is 0 Å². The molecule has 0 saturated carbocycles. The molecule has 0 bridgehead atoms. The van der Waals surface area contributed by atoms with Crippen LogP contribution in [0.3, 0.4) is 0 Å². The van der Waals surface area contributed by atoms with E-state index in [0.717, 1.165) is 36.3 Å². The molecule has 79 heavy (non-hydrogen) atoms. The smallest absolute Gasteiger partial charge is 0.0462 e. The fourth-order valence-electron chi connectivity index (χ4n) is 11.5. The highest BCUT2D eigenvalue weighted by Gasteiger charge is 2.20. The predicted octanol–water partition coefficient (Wildman–Crippen LogP) is 20.3. The molecule has 1 nitrogen and oxygen atoms in total. The number of benzene rings is 12. The predicted molar refractivity (Wildman–Crippen MR) is 333 cm³/mol. The van der Waals surface area contributed by atoms with Crippen molar-refractivity contribution in [1.82, 2.24) is 0 Å². The van der Waals surface area contributed by atoms with Crippen LogP contribution in [0.15, 0.2) is 328 Å². The highest BCUT2D eigenvalue weighted by molar-refractivity contribution is 5.78. The van der Waals surface area contributed by atoms with E-state index in [9.17, 15) is 0 Å². The summed E-state index contributed by atoms with van der Waals surface area (Å²) in [6.45, 7) is 0. The summed E-state index contributed by atoms with van der Waals surface area (Å²) < 4.78 is 0. The molecule has 12 rings (SSSR count). The van der Waals surface area contributed by atoms with Crippen LogP contribution in [0.5, 0.6) is 0 Å². The summed E-state index contributed by atoms with van der Waals surface area (Å²) >= 11 is 0. The molecule has 2 atom stereocenters. The van der Waals surface area contributed by atoms with Crippen LogP contribution in [-0.4, -0.2) is 0 Å². The van der Waals surface area contributed by atoms with Crippen molar-refractivity contribution in [1.29, 1.82) is 0 Å². The number of nitrogens with zero attached hydrogens (tertiary/aromatic N) is 1. The lowest BCUT2D eigenvalue weighted by Crippen LogP contribution is -2.09. The molecular formula is C78H63N. The van der Waals surface area contributed by atoms with Crippen molar-refractivity contribution in [2.24, 2.45) is 0 Å². The van der Waals surface area contributed by atoms with E-state index >= 15 is 0 Å². The fourth-order valence-corrected chi connectivity index (χ4v) is 11.5. The molecule has 0 aliphatic rings. The molecule has 0 amide bonds. The van der Waals surface area contributed by atoms with Crippen molar-refractivity contribution in [2.45, 2.75) is 37.0 Å². The summed E-state index contributed by atoms with van der Waals surface area (Å²) in [5.74, 6) is 0.751. The molecule has 12 aromatic carbocycles. The highest BCUT2D eigenvalue weighted by Crippen LogP contribution is 2.38. The highest BCUT2D eigenvalue weighted by atomic mass is 15.1. The molecule has 12 aromatic rings. The maximum absolute atomic E-state index is 2.34. The van der Waals surface area contributed by atoms with Crippen molar-refractivity contribution in [3.8, 4) is 33.4 Å². The number of hydrogen-bond donors (Lipinski definition) is 0. The second kappa shape index (κ2) is 24.2. The van der Waals surface area contributed by atoms with Gasteiger partial charge in [0.25, 0.3) is 0 Å². The first kappa shape index (κ1) is 50.3. The monoisotopic (exact) mass is 1010 g/mol. The van der Waals surface area contributed by atoms with Gasteiger partial charge >= 0.3 is 0 Å². The minimum atomic E-state index is 0.217. The Bertz CT molecular complexity index is 3690. The van der Waals surface area contributed by atoms with Gasteiger partial charge in [0.1, 0.15) is 0 Å². The van der Waals surface area contributed by atoms with E-state index in [2.05, 4.69) is 332 Å². The fraction of sp³-hybridized carbons (Fsp3) is 0.0769. The number of para-hydroxylation sites is 2. The molecule has 0 radical (unpaired) electrons. The van der Waals surface area contributed by atoms with Gasteiger partial charge in [0.15, 0.2) is 0 Å². The Morgan fingerprint density at radius 3 is 0.620 bits per heavy atom. The summed E-state index contributed by atoms with van der Waals surface area (Å²) in [4.78, 5) is 2.30. The van der Waals surface area contributed by atoms with Gasteiger partial charge in [-0.3, -0.25) is 0 Å². The van der Waals surface area contributed by atoms with Gasteiger partial charge in [0.2, 0.25) is 0 Å². The van der Waals surface area contributed by atoms with Crippen LogP contribution in [-0.2, 0) is 19.3 Å². The average Bonchev–Trinajstić information content (AvgIpc) is 3.59. The van der Waals surface area contributed by atoms with Crippen molar-refractivity contribution in [2.75, 3.05) is 4.90 Å². The SMILES string of the molecule is c1ccc(C(Cc2ccc(-c3ccc(CC(c4ccccc4)c4ccc(-c5ccc(C(Cc6ccc(-c7ccc(N(c8ccccc8)c8ccccc8)cc7)cc6)c6ccccc6)cc5)cc4)cc3)cc2)c2ccccc2)cc1. The maximum Gasteiger partial charge on any atom is 0.0462 e. The first-order chi connectivity index (χ1) is 39.1. The third-order valence-corrected chi connectivity index (χ3v) is 15.8. The Morgan fingerprint density at radius 2 is 0.367 bits per heavy atom. The van der Waals surface area contributed by atoms with E-state index in [0.29, 0.717) is 5.92 Å². The third kappa shape index (κ3) is 12.0. The second-order valence-corrected chi connectivity index (χ2v) is 20.8. The lowest BCUT2D eigenvalue weighted by atomic mass is 9.84. The third-order valence-electron chi connectivity index (χ3n) is 15.8. The minimum Gasteiger partial charge on any atom is -0.311 e. The van der Waals surface area contributed by atoms with Gasteiger partial charge in [-0.25, -0.2) is 0 Å². The lowest BCUT2D eigenvalue weighted by Gasteiger charge is -2.25. The normalized spacial score (nSPS) is 12.0. The van der Waals surface area contributed by atoms with Gasteiger partial charge in [-0.2, -0.15) is 0 Å². The zero-order valence-corrected chi connectivity index (χ0v) is 44.5. The molecular weight excluding hydrogens is 951 g/mol. The van der Waals surface area contributed by atoms with Crippen LogP contribution in [0.25, 0.3) is 33.4 Å². The molecule has 0 heterocycles. The molecule has 0 aromatic heterocycles. The lowest BCUT2D eigenvalue weighted by molar-refractivity contribution is 0.804. The quantitative estimate of drug-likeness (QED) is 0.0828. The Hall–Kier alpha value is -9.56. The summed E-state index contributed by atoms with van der Waals surface area (Å²) in [6.07, 6.45) is 2.78. The van der Waals surface area contributed by atoms with Gasteiger partial charge in [-0.15, -0.1) is 0 Å². The van der Waals surface area contributed by atoms with Gasteiger partial charge in [-0.05, 0) is 139 Å². The van der Waals surface area contributed by atoms with Gasteiger partial charge in [0.05, 0.1) is 0 Å². The van der Waals surface area contributed by atoms with Crippen molar-refractivity contribution in [3.05, 3.63) is 378 Å². The standard InChI is InChI=1S/C78H63N/c1-7-19-67(20-8-1)76(68-21-9-2-10-22-68)55-58-31-37-61(38-32-58)62-39-33-59(34-40-62)56-77(69-23-11-3-12-24-69)71-47-43-64(44-48-71)65-45-49-72(50-46-65)78(70-25-13-4-14-26-70)57-60-35-41-63(42-36-60)66-51-53-75(54-52-66)79(73-27-15-5-16-28-73)74-29-17-6-18-30-74/h1-54,76-78H,55-57H2. The molecule has 2 unspecified atom stereocenters. The average molecular weight is 1010 g/mol. The molecule has 1 heteroatoms. The van der Waals surface area contributed by atoms with Gasteiger partial charge < -0.3 is 4.90 Å². The Labute approximate surface area is 467 Å². The molecule has 0 fully saturated rings. The summed E-state index contributed by atoms with van der Waals surface area (Å²) in [5.41, 5.74) is 22.7. The van der Waals surface area contributed by atoms with Crippen molar-refractivity contribution < 1.29 is 0 Å². The summed E-state index contributed by atoms with van der Waals surface area (Å²) in [5, 5.41) is 0. The Morgan fingerprint density at radius 1 is 0.177 bits per heavy atom. The first-order valence-electron chi connectivity index (χ1n) is 27.8. The number of rotatable bonds is 18. The van der Waals surface area contributed by atoms with E-state index in [1.54, 1.807) is 0 Å². The topological polar surface area (TPSA) is 3.24 Å². The molecule has 0 aliphatic carbocycles. The number of anilines is 3. The van der Waals surface area contributed by atoms with E-state index in [4.69, 9.17) is 0 Å². The molecule has 0 N–H and O–H groups in total. The van der Waals surface area contributed by atoms with Gasteiger partial charge in [-0.1, -0.05) is 291 Å². The molecule has 0 saturated heterocycles. The van der Waals surface area contributed by atoms with E-state index in [-0.39, 0.29) is 11.8 Å². The molecule has 380 valence electrons. The van der Waals surface area contributed by atoms with Crippen LogP contribution in [0.1, 0.15) is 67.8 Å². The summed E-state index contributed by atoms with van der Waals surface area (Å²) in [7, 11) is 0. The van der Waals surface area contributed by atoms with Crippen molar-refractivity contribution in [3.63, 3.8) is 0 Å². The van der Waals surface area contributed by atoms with Gasteiger partial charge in [0, 0.05) is 34.8 Å². The molecule has 0 aliphatic heterocycles. The number of hydrogen-bond acceptors (Lipinski definition) is 1. The van der Waals surface area contributed by atoms with Crippen LogP contribution >= 0.6 is 0 Å². The largest absolute Gasteiger partial charge is 0.311 e. The minimum absolute atomic E-state index is 0.217. The zero-order valence-electron chi connectivity index (χ0n) is 44.5. The summed E-state index contributed by atoms with van der Waals surface area (Å²) in [6, 6.07) is 120. The van der Waals surface area contributed by atoms with E-state index in [1.807, 2.05) is 0 Å². The first-order valence-corrected chi connectivity index (χ1v) is 27.8. The second-order valence-electron chi connectivity index (χ2n) is 20.8. The van der Waals surface area contributed by atoms with E-state index < -0.39 is 0 Å². The Kier molecular flexibility index (Phi) is 15.4. The van der Waals surface area contributed by atoms with Crippen LogP contribution in [0.2, 0.25) is 0 Å². The van der Waals surface area contributed by atoms with Crippen LogP contribution in [0.4, 0.5) is 17.1 Å².